The van der Waals surface area contributed by atoms with Crippen LogP contribution in [0.3, 0.4) is 0 Å². The first-order valence-corrected chi connectivity index (χ1v) is 6.32. The first-order chi connectivity index (χ1) is 10.1. The van der Waals surface area contributed by atoms with Gasteiger partial charge in [0.25, 0.3) is 0 Å². The number of nitrogens with zero attached hydrogens (tertiary/aromatic N) is 3. The number of aromatic nitrogens is 3. The minimum absolute atomic E-state index is 0.198. The lowest BCUT2D eigenvalue weighted by atomic mass is 9.80. The van der Waals surface area contributed by atoms with Crippen molar-refractivity contribution in [2.45, 2.75) is 0 Å². The Morgan fingerprint density at radius 2 is 1.57 bits per heavy atom. The fraction of sp³-hybridized carbons (Fsp3) is 0. The number of phenols is 1. The Morgan fingerprint density at radius 1 is 0.905 bits per heavy atom. The van der Waals surface area contributed by atoms with Crippen LogP contribution < -0.4 is 5.46 Å². The minimum Gasteiger partial charge on any atom is -0.508 e. The van der Waals surface area contributed by atoms with Gasteiger partial charge in [-0.3, -0.25) is 0 Å². The zero-order chi connectivity index (χ0) is 14.8. The molecule has 0 unspecified atom stereocenters. The second-order valence-corrected chi connectivity index (χ2v) is 4.56. The van der Waals surface area contributed by atoms with Gasteiger partial charge < -0.3 is 15.2 Å². The summed E-state index contributed by atoms with van der Waals surface area (Å²) in [7, 11) is -1.48. The van der Waals surface area contributed by atoms with Crippen LogP contribution in [0.1, 0.15) is 0 Å². The summed E-state index contributed by atoms with van der Waals surface area (Å²) in [6.45, 7) is 0. The van der Waals surface area contributed by atoms with Crippen LogP contribution in [-0.4, -0.2) is 37.3 Å². The van der Waals surface area contributed by atoms with Gasteiger partial charge in [0.2, 0.25) is 0 Å². The van der Waals surface area contributed by atoms with Gasteiger partial charge in [-0.2, -0.15) is 0 Å². The maximum absolute atomic E-state index is 9.28. The van der Waals surface area contributed by atoms with Crippen molar-refractivity contribution in [1.29, 1.82) is 0 Å². The standard InChI is InChI=1S/C14H12BN3O3/c19-13-7-1-10(2-8-13)14-9-18(17-16-14)12-5-3-11(4-6-12)15(20)21/h1-9,19-21H. The van der Waals surface area contributed by atoms with E-state index < -0.39 is 7.12 Å². The van der Waals surface area contributed by atoms with Crippen molar-refractivity contribution in [1.82, 2.24) is 15.0 Å². The fourth-order valence-corrected chi connectivity index (χ4v) is 1.95. The second kappa shape index (κ2) is 5.39. The Balaban J connectivity index is 1.89. The monoisotopic (exact) mass is 281 g/mol. The Hall–Kier alpha value is -2.64. The molecule has 0 spiro atoms. The summed E-state index contributed by atoms with van der Waals surface area (Å²) in [5.74, 6) is 0.198. The molecule has 1 aromatic heterocycles. The quantitative estimate of drug-likeness (QED) is 0.601. The van der Waals surface area contributed by atoms with Gasteiger partial charge in [0.05, 0.1) is 11.9 Å². The highest BCUT2D eigenvalue weighted by molar-refractivity contribution is 6.58. The maximum Gasteiger partial charge on any atom is 0.488 e. The van der Waals surface area contributed by atoms with E-state index in [-0.39, 0.29) is 5.75 Å². The molecule has 0 saturated heterocycles. The summed E-state index contributed by atoms with van der Waals surface area (Å²) in [6.07, 6.45) is 1.76. The molecular formula is C14H12BN3O3. The van der Waals surface area contributed by atoms with Crippen molar-refractivity contribution in [3.63, 3.8) is 0 Å². The molecular weight excluding hydrogens is 269 g/mol. The van der Waals surface area contributed by atoms with Crippen molar-refractivity contribution in [3.8, 4) is 22.7 Å². The number of benzene rings is 2. The third kappa shape index (κ3) is 2.79. The molecule has 0 atom stereocenters. The van der Waals surface area contributed by atoms with E-state index in [4.69, 9.17) is 10.0 Å². The van der Waals surface area contributed by atoms with Gasteiger partial charge in [-0.1, -0.05) is 17.3 Å². The van der Waals surface area contributed by atoms with Gasteiger partial charge in [-0.05, 0) is 41.9 Å². The summed E-state index contributed by atoms with van der Waals surface area (Å²) in [4.78, 5) is 0. The smallest absolute Gasteiger partial charge is 0.488 e. The first kappa shape index (κ1) is 13.4. The van der Waals surface area contributed by atoms with Crippen LogP contribution in [0.4, 0.5) is 0 Å². The van der Waals surface area contributed by atoms with Gasteiger partial charge in [0.15, 0.2) is 0 Å². The molecule has 0 amide bonds. The largest absolute Gasteiger partial charge is 0.508 e. The lowest BCUT2D eigenvalue weighted by Crippen LogP contribution is -2.29. The predicted molar refractivity (Wildman–Crippen MR) is 78.3 cm³/mol. The van der Waals surface area contributed by atoms with Gasteiger partial charge in [0, 0.05) is 5.56 Å². The topological polar surface area (TPSA) is 91.4 Å². The lowest BCUT2D eigenvalue weighted by Gasteiger charge is -2.02. The number of rotatable bonds is 3. The SMILES string of the molecule is OB(O)c1ccc(-n2cc(-c3ccc(O)cc3)nn2)cc1. The van der Waals surface area contributed by atoms with E-state index in [1.807, 2.05) is 0 Å². The normalized spacial score (nSPS) is 10.6. The molecule has 0 bridgehead atoms. The van der Waals surface area contributed by atoms with Gasteiger partial charge >= 0.3 is 7.12 Å². The molecule has 3 aromatic rings. The second-order valence-electron chi connectivity index (χ2n) is 4.56. The molecule has 2 aromatic carbocycles. The van der Waals surface area contributed by atoms with E-state index in [1.54, 1.807) is 59.4 Å². The van der Waals surface area contributed by atoms with Crippen LogP contribution in [0.5, 0.6) is 5.75 Å². The van der Waals surface area contributed by atoms with E-state index in [1.165, 1.54) is 0 Å². The highest BCUT2D eigenvalue weighted by Crippen LogP contribution is 2.20. The zero-order valence-corrected chi connectivity index (χ0v) is 11.0. The van der Waals surface area contributed by atoms with Crippen molar-refractivity contribution >= 4 is 12.6 Å². The molecule has 1 heterocycles. The summed E-state index contributed by atoms with van der Waals surface area (Å²) in [5, 5.41) is 35.5. The van der Waals surface area contributed by atoms with E-state index in [0.29, 0.717) is 11.2 Å². The first-order valence-electron chi connectivity index (χ1n) is 6.32. The lowest BCUT2D eigenvalue weighted by molar-refractivity contribution is 0.426. The number of hydrogen-bond donors (Lipinski definition) is 3. The van der Waals surface area contributed by atoms with Crippen molar-refractivity contribution in [2.75, 3.05) is 0 Å². The highest BCUT2D eigenvalue weighted by atomic mass is 16.4. The molecule has 104 valence electrons. The Kier molecular flexibility index (Phi) is 3.43. The van der Waals surface area contributed by atoms with Crippen molar-refractivity contribution < 1.29 is 15.2 Å². The van der Waals surface area contributed by atoms with Crippen LogP contribution in [0.2, 0.25) is 0 Å². The minimum atomic E-state index is -1.48. The average molecular weight is 281 g/mol. The third-order valence-electron chi connectivity index (χ3n) is 3.11. The Bertz CT molecular complexity index is 739. The van der Waals surface area contributed by atoms with Crippen LogP contribution in [-0.2, 0) is 0 Å². The number of hydrogen-bond acceptors (Lipinski definition) is 5. The van der Waals surface area contributed by atoms with Crippen molar-refractivity contribution in [2.24, 2.45) is 0 Å². The molecule has 3 rings (SSSR count). The molecule has 0 radical (unpaired) electrons. The third-order valence-corrected chi connectivity index (χ3v) is 3.11. The Labute approximate surface area is 121 Å². The van der Waals surface area contributed by atoms with E-state index in [2.05, 4.69) is 10.3 Å². The molecule has 3 N–H and O–H groups in total. The summed E-state index contributed by atoms with van der Waals surface area (Å²) in [6, 6.07) is 13.4. The molecule has 0 aliphatic carbocycles. The number of aromatic hydroxyl groups is 1. The Morgan fingerprint density at radius 3 is 2.19 bits per heavy atom. The molecule has 0 saturated carbocycles. The fourth-order valence-electron chi connectivity index (χ4n) is 1.95. The van der Waals surface area contributed by atoms with Crippen LogP contribution in [0.25, 0.3) is 16.9 Å². The van der Waals surface area contributed by atoms with Crippen LogP contribution in [0, 0.1) is 0 Å². The van der Waals surface area contributed by atoms with Gasteiger partial charge in [0.1, 0.15) is 11.4 Å². The highest BCUT2D eigenvalue weighted by Gasteiger charge is 2.11. The van der Waals surface area contributed by atoms with E-state index in [9.17, 15) is 5.11 Å². The maximum atomic E-state index is 9.28. The van der Waals surface area contributed by atoms with E-state index >= 15 is 0 Å². The van der Waals surface area contributed by atoms with Gasteiger partial charge in [-0.25, -0.2) is 4.68 Å². The summed E-state index contributed by atoms with van der Waals surface area (Å²) < 4.78 is 1.59. The molecule has 0 aliphatic rings. The predicted octanol–water partition coefficient (Wildman–Crippen LogP) is 0.320. The molecule has 0 aliphatic heterocycles. The average Bonchev–Trinajstić information content (AvgIpc) is 2.98. The molecule has 6 nitrogen and oxygen atoms in total. The molecule has 21 heavy (non-hydrogen) atoms. The van der Waals surface area contributed by atoms with Gasteiger partial charge in [-0.15, -0.1) is 5.10 Å². The molecule has 0 fully saturated rings. The molecule has 7 heteroatoms. The summed E-state index contributed by atoms with van der Waals surface area (Å²) in [5.41, 5.74) is 2.71. The summed E-state index contributed by atoms with van der Waals surface area (Å²) >= 11 is 0. The zero-order valence-electron chi connectivity index (χ0n) is 11.0. The van der Waals surface area contributed by atoms with Crippen LogP contribution in [0.15, 0.2) is 54.7 Å². The number of phenolic OH excluding ortho intramolecular Hbond substituents is 1. The van der Waals surface area contributed by atoms with Crippen molar-refractivity contribution in [3.05, 3.63) is 54.7 Å². The van der Waals surface area contributed by atoms with Crippen LogP contribution >= 0.6 is 0 Å². The van der Waals surface area contributed by atoms with E-state index in [0.717, 1.165) is 11.3 Å².